The van der Waals surface area contributed by atoms with Crippen molar-refractivity contribution in [2.75, 3.05) is 25.3 Å². The number of anilines is 2. The molecule has 0 bridgehead atoms. The summed E-state index contributed by atoms with van der Waals surface area (Å²) in [5.41, 5.74) is 6.33. The molecule has 0 fully saturated rings. The number of benzene rings is 2. The SMILES string of the molecule is COc1ccc(C(=O)Nc2cc(OC)ccc2C(=O)O)c(N)c1. The van der Waals surface area contributed by atoms with Crippen LogP contribution in [0.25, 0.3) is 0 Å². The summed E-state index contributed by atoms with van der Waals surface area (Å²) in [5.74, 6) is -0.744. The number of aromatic carboxylic acids is 1. The van der Waals surface area contributed by atoms with Crippen molar-refractivity contribution in [3.05, 3.63) is 47.5 Å². The number of carboxylic acids is 1. The molecule has 0 spiro atoms. The molecule has 0 atom stereocenters. The van der Waals surface area contributed by atoms with Crippen molar-refractivity contribution in [2.24, 2.45) is 0 Å². The summed E-state index contributed by atoms with van der Waals surface area (Å²) in [7, 11) is 2.94. The minimum Gasteiger partial charge on any atom is -0.497 e. The summed E-state index contributed by atoms with van der Waals surface area (Å²) in [5, 5.41) is 11.7. The van der Waals surface area contributed by atoms with Crippen LogP contribution in [0, 0.1) is 0 Å². The zero-order chi connectivity index (χ0) is 17.0. The molecule has 120 valence electrons. The van der Waals surface area contributed by atoms with E-state index in [1.165, 1.54) is 44.6 Å². The Morgan fingerprint density at radius 3 is 2.09 bits per heavy atom. The fourth-order valence-electron chi connectivity index (χ4n) is 2.00. The largest absolute Gasteiger partial charge is 0.497 e. The molecule has 1 amide bonds. The first-order valence-electron chi connectivity index (χ1n) is 6.62. The molecule has 0 aliphatic rings. The highest BCUT2D eigenvalue weighted by molar-refractivity contribution is 6.10. The van der Waals surface area contributed by atoms with Gasteiger partial charge >= 0.3 is 5.97 Å². The van der Waals surface area contributed by atoms with Gasteiger partial charge in [0.05, 0.1) is 31.0 Å². The van der Waals surface area contributed by atoms with Gasteiger partial charge in [0.25, 0.3) is 5.91 Å². The Bertz CT molecular complexity index is 758. The minimum atomic E-state index is -1.16. The third-order valence-electron chi connectivity index (χ3n) is 3.21. The van der Waals surface area contributed by atoms with E-state index in [0.29, 0.717) is 11.5 Å². The predicted octanol–water partition coefficient (Wildman–Crippen LogP) is 2.24. The highest BCUT2D eigenvalue weighted by atomic mass is 16.5. The van der Waals surface area contributed by atoms with Crippen molar-refractivity contribution in [1.82, 2.24) is 0 Å². The standard InChI is InChI=1S/C16H16N2O5/c1-22-9-3-5-11(13(17)7-9)15(19)18-14-8-10(23-2)4-6-12(14)16(20)21/h3-8H,17H2,1-2H3,(H,18,19)(H,20,21). The van der Waals surface area contributed by atoms with E-state index in [2.05, 4.69) is 5.32 Å². The number of rotatable bonds is 5. The first kappa shape index (κ1) is 16.2. The van der Waals surface area contributed by atoms with Crippen LogP contribution in [0.1, 0.15) is 20.7 Å². The normalized spacial score (nSPS) is 10.0. The Morgan fingerprint density at radius 1 is 1.00 bits per heavy atom. The number of amides is 1. The number of carboxylic acid groups (broad SMARTS) is 1. The topological polar surface area (TPSA) is 111 Å². The van der Waals surface area contributed by atoms with Gasteiger partial charge in [-0.15, -0.1) is 0 Å². The van der Waals surface area contributed by atoms with E-state index in [-0.39, 0.29) is 22.5 Å². The van der Waals surface area contributed by atoms with Crippen LogP contribution < -0.4 is 20.5 Å². The van der Waals surface area contributed by atoms with E-state index < -0.39 is 11.9 Å². The van der Waals surface area contributed by atoms with Gasteiger partial charge in [-0.3, -0.25) is 4.79 Å². The molecule has 4 N–H and O–H groups in total. The molecule has 0 saturated carbocycles. The summed E-state index contributed by atoms with van der Waals surface area (Å²) in [6, 6.07) is 8.90. The smallest absolute Gasteiger partial charge is 0.337 e. The molecule has 0 aromatic heterocycles. The lowest BCUT2D eigenvalue weighted by molar-refractivity contribution is 0.0698. The molecule has 0 radical (unpaired) electrons. The molecule has 2 aromatic rings. The Labute approximate surface area is 132 Å². The Balaban J connectivity index is 2.34. The number of ether oxygens (including phenoxy) is 2. The van der Waals surface area contributed by atoms with Crippen molar-refractivity contribution >= 4 is 23.3 Å². The van der Waals surface area contributed by atoms with Gasteiger partial charge in [-0.05, 0) is 24.3 Å². The second-order valence-corrected chi connectivity index (χ2v) is 4.62. The second-order valence-electron chi connectivity index (χ2n) is 4.62. The van der Waals surface area contributed by atoms with Crippen molar-refractivity contribution in [3.63, 3.8) is 0 Å². The summed E-state index contributed by atoms with van der Waals surface area (Å²) in [4.78, 5) is 23.6. The molecule has 0 aliphatic heterocycles. The zero-order valence-corrected chi connectivity index (χ0v) is 12.6. The quantitative estimate of drug-likeness (QED) is 0.730. The van der Waals surface area contributed by atoms with Crippen LogP contribution >= 0.6 is 0 Å². The lowest BCUT2D eigenvalue weighted by Crippen LogP contribution is -2.16. The second kappa shape index (κ2) is 6.69. The fourth-order valence-corrected chi connectivity index (χ4v) is 2.00. The number of hydrogen-bond donors (Lipinski definition) is 3. The van der Waals surface area contributed by atoms with E-state index in [0.717, 1.165) is 0 Å². The molecule has 0 heterocycles. The molecule has 7 nitrogen and oxygen atoms in total. The first-order valence-corrected chi connectivity index (χ1v) is 6.62. The summed E-state index contributed by atoms with van der Waals surface area (Å²) in [6.45, 7) is 0. The number of hydrogen-bond acceptors (Lipinski definition) is 5. The average Bonchev–Trinajstić information content (AvgIpc) is 2.54. The average molecular weight is 316 g/mol. The van der Waals surface area contributed by atoms with Crippen molar-refractivity contribution < 1.29 is 24.2 Å². The number of nitrogen functional groups attached to an aromatic ring is 1. The molecule has 7 heteroatoms. The molecule has 2 rings (SSSR count). The van der Waals surface area contributed by atoms with E-state index in [9.17, 15) is 14.7 Å². The number of nitrogens with one attached hydrogen (secondary N) is 1. The lowest BCUT2D eigenvalue weighted by Gasteiger charge is -2.12. The van der Waals surface area contributed by atoms with Gasteiger partial charge in [-0.1, -0.05) is 0 Å². The maximum atomic E-state index is 12.3. The Morgan fingerprint density at radius 2 is 1.57 bits per heavy atom. The van der Waals surface area contributed by atoms with Gasteiger partial charge < -0.3 is 25.6 Å². The monoisotopic (exact) mass is 316 g/mol. The van der Waals surface area contributed by atoms with Crippen LogP contribution in [-0.2, 0) is 0 Å². The molecule has 0 unspecified atom stereocenters. The third-order valence-corrected chi connectivity index (χ3v) is 3.21. The maximum Gasteiger partial charge on any atom is 0.337 e. The zero-order valence-electron chi connectivity index (χ0n) is 12.6. The molecule has 2 aromatic carbocycles. The highest BCUT2D eigenvalue weighted by Gasteiger charge is 2.16. The van der Waals surface area contributed by atoms with Gasteiger partial charge in [0, 0.05) is 17.8 Å². The van der Waals surface area contributed by atoms with Crippen LogP contribution in [0.3, 0.4) is 0 Å². The number of methoxy groups -OCH3 is 2. The van der Waals surface area contributed by atoms with Crippen LogP contribution in [0.4, 0.5) is 11.4 Å². The van der Waals surface area contributed by atoms with E-state index in [1.54, 1.807) is 6.07 Å². The third kappa shape index (κ3) is 3.52. The molecule has 0 aliphatic carbocycles. The van der Waals surface area contributed by atoms with Gasteiger partial charge in [0.1, 0.15) is 11.5 Å². The number of nitrogens with two attached hydrogens (primary N) is 1. The molecule has 23 heavy (non-hydrogen) atoms. The number of carbonyl (C=O) groups is 2. The van der Waals surface area contributed by atoms with Crippen LogP contribution in [-0.4, -0.2) is 31.2 Å². The Kier molecular flexibility index (Phi) is 4.70. The van der Waals surface area contributed by atoms with E-state index >= 15 is 0 Å². The molecular weight excluding hydrogens is 300 g/mol. The van der Waals surface area contributed by atoms with Crippen LogP contribution in [0.5, 0.6) is 11.5 Å². The fraction of sp³-hybridized carbons (Fsp3) is 0.125. The van der Waals surface area contributed by atoms with Crippen LogP contribution in [0.2, 0.25) is 0 Å². The van der Waals surface area contributed by atoms with Crippen molar-refractivity contribution in [1.29, 1.82) is 0 Å². The summed E-state index contributed by atoms with van der Waals surface area (Å²) in [6.07, 6.45) is 0. The van der Waals surface area contributed by atoms with Gasteiger partial charge in [-0.25, -0.2) is 4.79 Å². The lowest BCUT2D eigenvalue weighted by atomic mass is 10.1. The van der Waals surface area contributed by atoms with Gasteiger partial charge in [0.2, 0.25) is 0 Å². The molecular formula is C16H16N2O5. The van der Waals surface area contributed by atoms with Gasteiger partial charge in [-0.2, -0.15) is 0 Å². The predicted molar refractivity (Wildman–Crippen MR) is 85.3 cm³/mol. The summed E-state index contributed by atoms with van der Waals surface area (Å²) >= 11 is 0. The maximum absolute atomic E-state index is 12.3. The van der Waals surface area contributed by atoms with E-state index in [4.69, 9.17) is 15.2 Å². The van der Waals surface area contributed by atoms with Crippen LogP contribution in [0.15, 0.2) is 36.4 Å². The van der Waals surface area contributed by atoms with E-state index in [1.807, 2.05) is 0 Å². The highest BCUT2D eigenvalue weighted by Crippen LogP contribution is 2.25. The van der Waals surface area contributed by atoms with Crippen molar-refractivity contribution in [2.45, 2.75) is 0 Å². The Hall–Kier alpha value is -3.22. The summed E-state index contributed by atoms with van der Waals surface area (Å²) < 4.78 is 10.1. The molecule has 0 saturated heterocycles. The van der Waals surface area contributed by atoms with Crippen molar-refractivity contribution in [3.8, 4) is 11.5 Å². The van der Waals surface area contributed by atoms with Gasteiger partial charge in [0.15, 0.2) is 0 Å². The minimum absolute atomic E-state index is 0.0498. The first-order chi connectivity index (χ1) is 11.0. The number of carbonyl (C=O) groups excluding carboxylic acids is 1.